The van der Waals surface area contributed by atoms with Crippen molar-refractivity contribution in [3.63, 3.8) is 0 Å². The fraction of sp³-hybridized carbons (Fsp3) is 0.231. The summed E-state index contributed by atoms with van der Waals surface area (Å²) < 4.78 is 5.34. The number of methoxy groups -OCH3 is 1. The van der Waals surface area contributed by atoms with Crippen LogP contribution in [-0.4, -0.2) is 24.1 Å². The van der Waals surface area contributed by atoms with Crippen molar-refractivity contribution in [2.45, 2.75) is 6.54 Å². The monoisotopic (exact) mass is 244 g/mol. The van der Waals surface area contributed by atoms with Gasteiger partial charge in [0, 0.05) is 26.0 Å². The van der Waals surface area contributed by atoms with Crippen molar-refractivity contribution >= 4 is 11.5 Å². The Morgan fingerprint density at radius 3 is 2.67 bits per heavy atom. The molecular weight excluding hydrogens is 228 g/mol. The van der Waals surface area contributed by atoms with E-state index in [1.807, 2.05) is 36.2 Å². The number of aromatic nitrogens is 2. The fourth-order valence-electron chi connectivity index (χ4n) is 1.80. The van der Waals surface area contributed by atoms with Crippen molar-refractivity contribution in [1.29, 1.82) is 0 Å². The first-order chi connectivity index (χ1) is 8.77. The number of rotatable bonds is 4. The summed E-state index contributed by atoms with van der Waals surface area (Å²) >= 11 is 0. The molecule has 0 aliphatic carbocycles. The van der Waals surface area contributed by atoms with Crippen LogP contribution in [0.1, 0.15) is 5.69 Å². The van der Waals surface area contributed by atoms with Crippen molar-refractivity contribution in [2.75, 3.05) is 19.1 Å². The molecule has 0 amide bonds. The maximum atomic E-state index is 5.68. The standard InChI is InChI=1S/C13H16N4O/c1-17(11-5-3-4-6-12(11)18-2)13-10(9-14)15-7-8-16-13/h3-8H,9,14H2,1-2H3. The molecule has 0 saturated heterocycles. The third-order valence-corrected chi connectivity index (χ3v) is 2.71. The van der Waals surface area contributed by atoms with Crippen LogP contribution in [0.2, 0.25) is 0 Å². The lowest BCUT2D eigenvalue weighted by Crippen LogP contribution is -2.16. The average Bonchev–Trinajstić information content (AvgIpc) is 2.46. The molecule has 94 valence electrons. The number of anilines is 2. The topological polar surface area (TPSA) is 64.3 Å². The Balaban J connectivity index is 2.44. The van der Waals surface area contributed by atoms with Crippen LogP contribution in [0.4, 0.5) is 11.5 Å². The van der Waals surface area contributed by atoms with Crippen LogP contribution in [0, 0.1) is 0 Å². The third kappa shape index (κ3) is 2.26. The van der Waals surface area contributed by atoms with Gasteiger partial charge in [0.05, 0.1) is 18.5 Å². The zero-order chi connectivity index (χ0) is 13.0. The second-order valence-corrected chi connectivity index (χ2v) is 3.76. The van der Waals surface area contributed by atoms with Gasteiger partial charge in [-0.2, -0.15) is 0 Å². The molecule has 5 heteroatoms. The fourth-order valence-corrected chi connectivity index (χ4v) is 1.80. The molecule has 2 aromatic rings. The second-order valence-electron chi connectivity index (χ2n) is 3.76. The summed E-state index contributed by atoms with van der Waals surface area (Å²) in [6, 6.07) is 7.75. The van der Waals surface area contributed by atoms with E-state index in [1.54, 1.807) is 19.5 Å². The minimum absolute atomic E-state index is 0.350. The van der Waals surface area contributed by atoms with Crippen LogP contribution in [0.3, 0.4) is 0 Å². The quantitative estimate of drug-likeness (QED) is 0.887. The Kier molecular flexibility index (Phi) is 3.74. The largest absolute Gasteiger partial charge is 0.495 e. The predicted octanol–water partition coefficient (Wildman–Crippen LogP) is 1.71. The van der Waals surface area contributed by atoms with Crippen LogP contribution < -0.4 is 15.4 Å². The molecule has 18 heavy (non-hydrogen) atoms. The van der Waals surface area contributed by atoms with Gasteiger partial charge in [-0.05, 0) is 12.1 Å². The van der Waals surface area contributed by atoms with Crippen molar-refractivity contribution < 1.29 is 4.74 Å². The van der Waals surface area contributed by atoms with Crippen molar-refractivity contribution in [3.05, 3.63) is 42.4 Å². The Morgan fingerprint density at radius 2 is 1.94 bits per heavy atom. The second kappa shape index (κ2) is 5.46. The molecule has 0 unspecified atom stereocenters. The molecule has 0 saturated carbocycles. The molecule has 1 aromatic heterocycles. The van der Waals surface area contributed by atoms with Crippen LogP contribution in [0.25, 0.3) is 0 Å². The molecule has 2 N–H and O–H groups in total. The molecule has 0 spiro atoms. The summed E-state index contributed by atoms with van der Waals surface area (Å²) in [5.41, 5.74) is 7.36. The maximum absolute atomic E-state index is 5.68. The number of nitrogens with two attached hydrogens (primary N) is 1. The molecule has 0 bridgehead atoms. The molecule has 1 heterocycles. The van der Waals surface area contributed by atoms with E-state index in [1.165, 1.54) is 0 Å². The molecule has 1 aromatic carbocycles. The molecule has 0 radical (unpaired) electrons. The van der Waals surface area contributed by atoms with Gasteiger partial charge in [0.15, 0.2) is 5.82 Å². The van der Waals surface area contributed by atoms with E-state index in [0.717, 1.165) is 22.9 Å². The Hall–Kier alpha value is -2.14. The van der Waals surface area contributed by atoms with Gasteiger partial charge in [0.1, 0.15) is 5.75 Å². The number of nitrogens with zero attached hydrogens (tertiary/aromatic N) is 3. The van der Waals surface area contributed by atoms with Crippen molar-refractivity contribution in [1.82, 2.24) is 9.97 Å². The first kappa shape index (κ1) is 12.3. The summed E-state index contributed by atoms with van der Waals surface area (Å²) in [5, 5.41) is 0. The van der Waals surface area contributed by atoms with Gasteiger partial charge in [0.25, 0.3) is 0 Å². The van der Waals surface area contributed by atoms with Gasteiger partial charge in [-0.25, -0.2) is 4.98 Å². The molecular formula is C13H16N4O. The SMILES string of the molecule is COc1ccccc1N(C)c1nccnc1CN. The first-order valence-corrected chi connectivity index (χ1v) is 5.64. The van der Waals surface area contributed by atoms with Crippen molar-refractivity contribution in [3.8, 4) is 5.75 Å². The zero-order valence-electron chi connectivity index (χ0n) is 10.5. The average molecular weight is 244 g/mol. The predicted molar refractivity (Wildman–Crippen MR) is 71.0 cm³/mol. The minimum Gasteiger partial charge on any atom is -0.495 e. The molecule has 0 atom stereocenters. The number of para-hydroxylation sites is 2. The number of hydrogen-bond acceptors (Lipinski definition) is 5. The highest BCUT2D eigenvalue weighted by atomic mass is 16.5. The molecule has 2 rings (SSSR count). The zero-order valence-corrected chi connectivity index (χ0v) is 10.5. The summed E-state index contributed by atoms with van der Waals surface area (Å²) in [7, 11) is 3.56. The maximum Gasteiger partial charge on any atom is 0.155 e. The molecule has 5 nitrogen and oxygen atoms in total. The molecule has 0 aliphatic rings. The van der Waals surface area contributed by atoms with Gasteiger partial charge in [-0.1, -0.05) is 12.1 Å². The smallest absolute Gasteiger partial charge is 0.155 e. The van der Waals surface area contributed by atoms with E-state index in [0.29, 0.717) is 6.54 Å². The van der Waals surface area contributed by atoms with Gasteiger partial charge in [-0.3, -0.25) is 4.98 Å². The van der Waals surface area contributed by atoms with E-state index < -0.39 is 0 Å². The van der Waals surface area contributed by atoms with Gasteiger partial charge in [-0.15, -0.1) is 0 Å². The van der Waals surface area contributed by atoms with E-state index in [2.05, 4.69) is 9.97 Å². The highest BCUT2D eigenvalue weighted by Crippen LogP contribution is 2.31. The van der Waals surface area contributed by atoms with Gasteiger partial charge in [0.2, 0.25) is 0 Å². The van der Waals surface area contributed by atoms with Crippen LogP contribution in [0.5, 0.6) is 5.75 Å². The number of benzene rings is 1. The van der Waals surface area contributed by atoms with Crippen LogP contribution in [0.15, 0.2) is 36.7 Å². The van der Waals surface area contributed by atoms with Crippen molar-refractivity contribution in [2.24, 2.45) is 5.73 Å². The van der Waals surface area contributed by atoms with E-state index in [9.17, 15) is 0 Å². The highest BCUT2D eigenvalue weighted by Gasteiger charge is 2.13. The number of ether oxygens (including phenoxy) is 1. The Labute approximate surface area is 106 Å². The normalized spacial score (nSPS) is 10.2. The summed E-state index contributed by atoms with van der Waals surface area (Å²) in [4.78, 5) is 10.5. The molecule has 0 fully saturated rings. The van der Waals surface area contributed by atoms with E-state index in [-0.39, 0.29) is 0 Å². The van der Waals surface area contributed by atoms with Crippen LogP contribution >= 0.6 is 0 Å². The third-order valence-electron chi connectivity index (χ3n) is 2.71. The van der Waals surface area contributed by atoms with E-state index >= 15 is 0 Å². The number of hydrogen-bond donors (Lipinski definition) is 1. The minimum atomic E-state index is 0.350. The Morgan fingerprint density at radius 1 is 1.22 bits per heavy atom. The van der Waals surface area contributed by atoms with Gasteiger partial charge >= 0.3 is 0 Å². The first-order valence-electron chi connectivity index (χ1n) is 5.64. The lowest BCUT2D eigenvalue weighted by Gasteiger charge is -2.22. The Bertz CT molecular complexity index is 482. The summed E-state index contributed by atoms with van der Waals surface area (Å²) in [6.45, 7) is 0.350. The molecule has 0 aliphatic heterocycles. The summed E-state index contributed by atoms with van der Waals surface area (Å²) in [5.74, 6) is 1.53. The summed E-state index contributed by atoms with van der Waals surface area (Å²) in [6.07, 6.45) is 3.29. The van der Waals surface area contributed by atoms with Gasteiger partial charge < -0.3 is 15.4 Å². The lowest BCUT2D eigenvalue weighted by atomic mass is 10.2. The highest BCUT2D eigenvalue weighted by molar-refractivity contribution is 5.67. The van der Waals surface area contributed by atoms with Crippen LogP contribution in [-0.2, 0) is 6.54 Å². The van der Waals surface area contributed by atoms with E-state index in [4.69, 9.17) is 10.5 Å². The lowest BCUT2D eigenvalue weighted by molar-refractivity contribution is 0.415.